The van der Waals surface area contributed by atoms with Gasteiger partial charge in [-0.25, -0.2) is 13.6 Å². The molecule has 0 aliphatic rings. The Morgan fingerprint density at radius 1 is 1.09 bits per heavy atom. The molecule has 70 valence electrons. The van der Waals surface area contributed by atoms with E-state index in [1.54, 1.807) is 0 Å². The molecule has 0 rings (SSSR count). The Morgan fingerprint density at radius 2 is 1.27 bits per heavy atom. The molecular formula is C7H19NO2S. The SMILES string of the molecule is CC(C)CC(C)C.N[SH](=O)=O. The Labute approximate surface area is 71.1 Å². The number of hydrogen-bond donors (Lipinski definition) is 2. The molecule has 0 saturated heterocycles. The van der Waals surface area contributed by atoms with Gasteiger partial charge < -0.3 is 0 Å². The van der Waals surface area contributed by atoms with Crippen molar-refractivity contribution in [1.29, 1.82) is 0 Å². The Hall–Kier alpha value is -0.0900. The molecule has 0 aromatic rings. The zero-order valence-electron chi connectivity index (χ0n) is 7.70. The van der Waals surface area contributed by atoms with Crippen LogP contribution in [0.15, 0.2) is 0 Å². The van der Waals surface area contributed by atoms with Crippen LogP contribution in [0.4, 0.5) is 0 Å². The monoisotopic (exact) mass is 181 g/mol. The van der Waals surface area contributed by atoms with Crippen LogP contribution in [0.25, 0.3) is 0 Å². The third kappa shape index (κ3) is 40.6. The fraction of sp³-hybridized carbons (Fsp3) is 1.00. The smallest absolute Gasteiger partial charge is 0.198 e. The van der Waals surface area contributed by atoms with Gasteiger partial charge in [0, 0.05) is 0 Å². The second-order valence-electron chi connectivity index (χ2n) is 3.31. The fourth-order valence-corrected chi connectivity index (χ4v) is 0.943. The summed E-state index contributed by atoms with van der Waals surface area (Å²) in [7, 11) is -2.62. The van der Waals surface area contributed by atoms with E-state index in [-0.39, 0.29) is 0 Å². The van der Waals surface area contributed by atoms with E-state index in [9.17, 15) is 0 Å². The lowest BCUT2D eigenvalue weighted by molar-refractivity contribution is 0.469. The summed E-state index contributed by atoms with van der Waals surface area (Å²) in [6.45, 7) is 9.06. The molecule has 0 amide bonds. The summed E-state index contributed by atoms with van der Waals surface area (Å²) in [5, 5.41) is 4.06. The number of hydrogen-bond acceptors (Lipinski definition) is 2. The first kappa shape index (κ1) is 13.5. The zero-order chi connectivity index (χ0) is 9.44. The van der Waals surface area contributed by atoms with Crippen molar-refractivity contribution in [3.05, 3.63) is 0 Å². The van der Waals surface area contributed by atoms with Gasteiger partial charge >= 0.3 is 0 Å². The van der Waals surface area contributed by atoms with E-state index in [1.165, 1.54) is 6.42 Å². The molecule has 3 nitrogen and oxygen atoms in total. The van der Waals surface area contributed by atoms with Crippen molar-refractivity contribution >= 4 is 10.9 Å². The van der Waals surface area contributed by atoms with Gasteiger partial charge in [0.05, 0.1) is 0 Å². The predicted octanol–water partition coefficient (Wildman–Crippen LogP) is 1.16. The molecule has 11 heavy (non-hydrogen) atoms. The minimum atomic E-state index is -2.62. The van der Waals surface area contributed by atoms with Crippen molar-refractivity contribution in [2.75, 3.05) is 0 Å². The molecule has 0 fully saturated rings. The minimum Gasteiger partial charge on any atom is -0.231 e. The van der Waals surface area contributed by atoms with Gasteiger partial charge in [-0.15, -0.1) is 0 Å². The summed E-state index contributed by atoms with van der Waals surface area (Å²) in [4.78, 5) is 0. The van der Waals surface area contributed by atoms with Gasteiger partial charge in [-0.3, -0.25) is 0 Å². The number of rotatable bonds is 2. The normalized spacial score (nSPS) is 10.2. The highest BCUT2D eigenvalue weighted by atomic mass is 32.2. The summed E-state index contributed by atoms with van der Waals surface area (Å²) in [6.07, 6.45) is 1.36. The van der Waals surface area contributed by atoms with Crippen molar-refractivity contribution in [2.24, 2.45) is 17.0 Å². The van der Waals surface area contributed by atoms with Gasteiger partial charge in [-0.1, -0.05) is 27.7 Å². The van der Waals surface area contributed by atoms with E-state index in [0.29, 0.717) is 0 Å². The molecule has 0 spiro atoms. The van der Waals surface area contributed by atoms with Crippen molar-refractivity contribution < 1.29 is 8.42 Å². The van der Waals surface area contributed by atoms with Crippen molar-refractivity contribution in [1.82, 2.24) is 0 Å². The van der Waals surface area contributed by atoms with Crippen LogP contribution in [-0.4, -0.2) is 8.42 Å². The summed E-state index contributed by atoms with van der Waals surface area (Å²) >= 11 is 0. The average Bonchev–Trinajstić information content (AvgIpc) is 1.56. The highest BCUT2D eigenvalue weighted by molar-refractivity contribution is 7.69. The molecule has 0 bridgehead atoms. The van der Waals surface area contributed by atoms with Gasteiger partial charge in [0.2, 0.25) is 0 Å². The van der Waals surface area contributed by atoms with Gasteiger partial charge in [0.15, 0.2) is 10.9 Å². The summed E-state index contributed by atoms with van der Waals surface area (Å²) in [5.41, 5.74) is 0. The van der Waals surface area contributed by atoms with Crippen molar-refractivity contribution in [3.8, 4) is 0 Å². The predicted molar refractivity (Wildman–Crippen MR) is 48.8 cm³/mol. The summed E-state index contributed by atoms with van der Waals surface area (Å²) < 4.78 is 17.6. The number of thiol groups is 1. The topological polar surface area (TPSA) is 60.2 Å². The molecule has 2 N–H and O–H groups in total. The quantitative estimate of drug-likeness (QED) is 0.628. The molecule has 0 atom stereocenters. The minimum absolute atomic E-state index is 0.875. The van der Waals surface area contributed by atoms with Crippen LogP contribution in [0.1, 0.15) is 34.1 Å². The van der Waals surface area contributed by atoms with Crippen LogP contribution >= 0.6 is 0 Å². The van der Waals surface area contributed by atoms with Crippen LogP contribution in [0.3, 0.4) is 0 Å². The molecule has 0 aliphatic carbocycles. The van der Waals surface area contributed by atoms with Crippen LogP contribution in [0.2, 0.25) is 0 Å². The van der Waals surface area contributed by atoms with Crippen molar-refractivity contribution in [2.45, 2.75) is 34.1 Å². The maximum Gasteiger partial charge on any atom is 0.198 e. The van der Waals surface area contributed by atoms with E-state index >= 15 is 0 Å². The third-order valence-electron chi connectivity index (χ3n) is 0.943. The lowest BCUT2D eigenvalue weighted by Gasteiger charge is -2.05. The fourth-order valence-electron chi connectivity index (χ4n) is 0.943. The molecular weight excluding hydrogens is 162 g/mol. The van der Waals surface area contributed by atoms with E-state index < -0.39 is 10.9 Å². The maximum atomic E-state index is 8.81. The molecule has 0 unspecified atom stereocenters. The van der Waals surface area contributed by atoms with Crippen molar-refractivity contribution in [3.63, 3.8) is 0 Å². The Kier molecular flexibility index (Phi) is 9.83. The summed E-state index contributed by atoms with van der Waals surface area (Å²) in [6, 6.07) is 0. The van der Waals surface area contributed by atoms with Gasteiger partial charge in [0.1, 0.15) is 0 Å². The highest BCUT2D eigenvalue weighted by Gasteiger charge is 1.95. The molecule has 4 heteroatoms. The van der Waals surface area contributed by atoms with Crippen LogP contribution in [0, 0.1) is 11.8 Å². The standard InChI is InChI=1S/C7H16.H3NO2S/c1-6(2)5-7(3)4;1-4(2)3/h6-7H,5H2,1-4H3;4H,(H2,1,2,3). The Morgan fingerprint density at radius 3 is 1.27 bits per heavy atom. The first-order valence-corrected chi connectivity index (χ1v) is 5.00. The van der Waals surface area contributed by atoms with E-state index in [2.05, 4.69) is 32.8 Å². The van der Waals surface area contributed by atoms with Crippen LogP contribution in [-0.2, 0) is 10.9 Å². The molecule has 0 aromatic carbocycles. The first-order chi connectivity index (χ1) is 4.86. The zero-order valence-corrected chi connectivity index (χ0v) is 8.60. The third-order valence-corrected chi connectivity index (χ3v) is 0.943. The number of nitrogens with two attached hydrogens (primary N) is 1. The molecule has 0 aromatic heterocycles. The highest BCUT2D eigenvalue weighted by Crippen LogP contribution is 2.08. The van der Waals surface area contributed by atoms with E-state index in [1.807, 2.05) is 0 Å². The molecule has 0 heterocycles. The lowest BCUT2D eigenvalue weighted by Crippen LogP contribution is -1.93. The van der Waals surface area contributed by atoms with Gasteiger partial charge in [-0.2, -0.15) is 0 Å². The second-order valence-corrected chi connectivity index (χ2v) is 3.88. The van der Waals surface area contributed by atoms with Gasteiger partial charge in [0.25, 0.3) is 0 Å². The molecule has 0 saturated carbocycles. The van der Waals surface area contributed by atoms with E-state index in [4.69, 9.17) is 8.42 Å². The lowest BCUT2D eigenvalue weighted by atomic mass is 10.0. The first-order valence-electron chi connectivity index (χ1n) is 3.75. The second kappa shape index (κ2) is 8.01. The molecule has 0 radical (unpaired) electrons. The largest absolute Gasteiger partial charge is 0.231 e. The molecule has 0 aliphatic heterocycles. The average molecular weight is 181 g/mol. The van der Waals surface area contributed by atoms with Gasteiger partial charge in [-0.05, 0) is 18.3 Å². The van der Waals surface area contributed by atoms with E-state index in [0.717, 1.165) is 11.8 Å². The maximum absolute atomic E-state index is 8.81. The summed E-state index contributed by atoms with van der Waals surface area (Å²) in [5.74, 6) is 1.75. The van der Waals surface area contributed by atoms with Crippen LogP contribution < -0.4 is 5.14 Å². The Bertz CT molecular complexity index is 127. The van der Waals surface area contributed by atoms with Crippen LogP contribution in [0.5, 0.6) is 0 Å². The Balaban J connectivity index is 0.